The Morgan fingerprint density at radius 3 is 2.94 bits per heavy atom. The number of carbonyl (C=O) groups is 1. The molecule has 0 aromatic carbocycles. The van der Waals surface area contributed by atoms with Crippen molar-refractivity contribution in [3.63, 3.8) is 0 Å². The average Bonchev–Trinajstić information content (AvgIpc) is 2.71. The van der Waals surface area contributed by atoms with Crippen LogP contribution in [-0.4, -0.2) is 27.1 Å². The van der Waals surface area contributed by atoms with Gasteiger partial charge >= 0.3 is 5.97 Å². The fourth-order valence-electron chi connectivity index (χ4n) is 1.70. The number of aliphatic hydroxyl groups is 1. The van der Waals surface area contributed by atoms with Gasteiger partial charge < -0.3 is 14.2 Å². The molecule has 18 heavy (non-hydrogen) atoms. The summed E-state index contributed by atoms with van der Waals surface area (Å²) in [7, 11) is 0. The van der Waals surface area contributed by atoms with Crippen LogP contribution in [0.15, 0.2) is 22.9 Å². The lowest BCUT2D eigenvalue weighted by Crippen LogP contribution is -2.04. The molecule has 0 saturated heterocycles. The van der Waals surface area contributed by atoms with Crippen LogP contribution in [0.5, 0.6) is 0 Å². The van der Waals surface area contributed by atoms with E-state index < -0.39 is 12.1 Å². The first kappa shape index (κ1) is 13.0. The molecule has 96 valence electrons. The first-order valence-corrected chi connectivity index (χ1v) is 6.35. The number of halogens is 1. The number of aliphatic hydroxyl groups excluding tert-OH is 1. The number of hydrogen-bond acceptors (Lipinski definition) is 4. The van der Waals surface area contributed by atoms with E-state index in [0.717, 1.165) is 4.47 Å². The van der Waals surface area contributed by atoms with Crippen molar-refractivity contribution in [3.8, 4) is 0 Å². The van der Waals surface area contributed by atoms with Crippen LogP contribution in [0, 0.1) is 0 Å². The standard InChI is InChI=1S/C12H13BrN2O3/c1-3-18-12(17)10-6-15-5-8(13)4-9(7(2)16)11(15)14-10/h4-7,16H,3H2,1-2H3/t7-/m0/s1. The van der Waals surface area contributed by atoms with Crippen LogP contribution in [-0.2, 0) is 4.74 Å². The zero-order valence-electron chi connectivity index (χ0n) is 10.1. The zero-order valence-corrected chi connectivity index (χ0v) is 11.6. The van der Waals surface area contributed by atoms with Crippen LogP contribution in [0.4, 0.5) is 0 Å². The third-order valence-corrected chi connectivity index (χ3v) is 2.91. The van der Waals surface area contributed by atoms with E-state index in [4.69, 9.17) is 4.74 Å². The zero-order chi connectivity index (χ0) is 13.3. The van der Waals surface area contributed by atoms with E-state index >= 15 is 0 Å². The van der Waals surface area contributed by atoms with Crippen molar-refractivity contribution >= 4 is 27.5 Å². The van der Waals surface area contributed by atoms with Gasteiger partial charge in [-0.15, -0.1) is 0 Å². The predicted octanol–water partition coefficient (Wildman–Crippen LogP) is 2.33. The molecule has 0 fully saturated rings. The molecule has 0 spiro atoms. The van der Waals surface area contributed by atoms with E-state index in [1.165, 1.54) is 0 Å². The number of aromatic nitrogens is 2. The molecule has 0 aliphatic carbocycles. The van der Waals surface area contributed by atoms with Gasteiger partial charge in [-0.25, -0.2) is 9.78 Å². The van der Waals surface area contributed by atoms with Gasteiger partial charge in [0.25, 0.3) is 0 Å². The van der Waals surface area contributed by atoms with Gasteiger partial charge in [-0.2, -0.15) is 0 Å². The normalized spacial score (nSPS) is 12.7. The molecule has 2 heterocycles. The maximum Gasteiger partial charge on any atom is 0.358 e. The molecule has 1 N–H and O–H groups in total. The molecule has 1 atom stereocenters. The smallest absolute Gasteiger partial charge is 0.358 e. The van der Waals surface area contributed by atoms with E-state index in [1.54, 1.807) is 36.7 Å². The van der Waals surface area contributed by atoms with Crippen LogP contribution in [0.3, 0.4) is 0 Å². The minimum Gasteiger partial charge on any atom is -0.461 e. The Kier molecular flexibility index (Phi) is 3.68. The van der Waals surface area contributed by atoms with Crippen molar-refractivity contribution in [1.82, 2.24) is 9.38 Å². The van der Waals surface area contributed by atoms with Gasteiger partial charge in [0.2, 0.25) is 0 Å². The summed E-state index contributed by atoms with van der Waals surface area (Å²) in [5.74, 6) is -0.464. The van der Waals surface area contributed by atoms with Gasteiger partial charge in [0.15, 0.2) is 5.69 Å². The third kappa shape index (κ3) is 2.39. The number of pyridine rings is 1. The molecule has 6 heteroatoms. The largest absolute Gasteiger partial charge is 0.461 e. The lowest BCUT2D eigenvalue weighted by Gasteiger charge is -2.06. The number of imidazole rings is 1. The van der Waals surface area contributed by atoms with E-state index in [0.29, 0.717) is 17.8 Å². The fraction of sp³-hybridized carbons (Fsp3) is 0.333. The van der Waals surface area contributed by atoms with Crippen molar-refractivity contribution in [3.05, 3.63) is 34.2 Å². The van der Waals surface area contributed by atoms with Crippen LogP contribution < -0.4 is 0 Å². The molecule has 2 rings (SSSR count). The average molecular weight is 313 g/mol. The molecule has 0 aliphatic heterocycles. The Labute approximate surface area is 113 Å². The van der Waals surface area contributed by atoms with Crippen molar-refractivity contribution in [2.45, 2.75) is 20.0 Å². The summed E-state index contributed by atoms with van der Waals surface area (Å²) < 4.78 is 7.40. The number of fused-ring (bicyclic) bond motifs is 1. The summed E-state index contributed by atoms with van der Waals surface area (Å²) in [6.07, 6.45) is 2.70. The Morgan fingerprint density at radius 1 is 1.61 bits per heavy atom. The van der Waals surface area contributed by atoms with Gasteiger partial charge in [0, 0.05) is 22.4 Å². The minimum atomic E-state index is -0.664. The van der Waals surface area contributed by atoms with Crippen molar-refractivity contribution < 1.29 is 14.6 Å². The van der Waals surface area contributed by atoms with Crippen LogP contribution >= 0.6 is 15.9 Å². The molecule has 2 aromatic rings. The number of esters is 1. The quantitative estimate of drug-likeness (QED) is 0.883. The molecule has 5 nitrogen and oxygen atoms in total. The summed E-state index contributed by atoms with van der Waals surface area (Å²) in [4.78, 5) is 15.8. The fourth-order valence-corrected chi connectivity index (χ4v) is 2.17. The van der Waals surface area contributed by atoms with E-state index in [2.05, 4.69) is 20.9 Å². The van der Waals surface area contributed by atoms with Crippen molar-refractivity contribution in [2.75, 3.05) is 6.61 Å². The molecule has 2 aromatic heterocycles. The Balaban J connectivity index is 2.56. The lowest BCUT2D eigenvalue weighted by molar-refractivity contribution is 0.0520. The Morgan fingerprint density at radius 2 is 2.33 bits per heavy atom. The highest BCUT2D eigenvalue weighted by atomic mass is 79.9. The lowest BCUT2D eigenvalue weighted by atomic mass is 10.2. The summed E-state index contributed by atoms with van der Waals surface area (Å²) >= 11 is 3.35. The second-order valence-electron chi connectivity index (χ2n) is 3.87. The second-order valence-corrected chi connectivity index (χ2v) is 4.78. The molecule has 0 bridgehead atoms. The van der Waals surface area contributed by atoms with Crippen LogP contribution in [0.1, 0.15) is 36.0 Å². The molecule has 0 amide bonds. The Hall–Kier alpha value is -1.40. The number of rotatable bonds is 3. The van der Waals surface area contributed by atoms with Gasteiger partial charge in [-0.1, -0.05) is 0 Å². The second kappa shape index (κ2) is 5.07. The first-order valence-electron chi connectivity index (χ1n) is 5.56. The molecule has 0 saturated carbocycles. The summed E-state index contributed by atoms with van der Waals surface area (Å²) in [5.41, 5.74) is 1.44. The van der Waals surface area contributed by atoms with Crippen LogP contribution in [0.2, 0.25) is 0 Å². The SMILES string of the molecule is CCOC(=O)c1cn2cc(Br)cc([C@H](C)O)c2n1. The van der Waals surface area contributed by atoms with Crippen molar-refractivity contribution in [2.24, 2.45) is 0 Å². The highest BCUT2D eigenvalue weighted by Gasteiger charge is 2.16. The molecular weight excluding hydrogens is 300 g/mol. The first-order chi connectivity index (χ1) is 8.52. The Bertz CT molecular complexity index is 592. The molecule has 0 radical (unpaired) electrons. The number of ether oxygens (including phenoxy) is 1. The third-order valence-electron chi connectivity index (χ3n) is 2.48. The number of nitrogens with zero attached hydrogens (tertiary/aromatic N) is 2. The topological polar surface area (TPSA) is 63.8 Å². The summed E-state index contributed by atoms with van der Waals surface area (Å²) in [5, 5.41) is 9.71. The summed E-state index contributed by atoms with van der Waals surface area (Å²) in [6.45, 7) is 3.70. The van der Waals surface area contributed by atoms with E-state index in [-0.39, 0.29) is 5.69 Å². The van der Waals surface area contributed by atoms with Gasteiger partial charge in [0.1, 0.15) is 5.65 Å². The van der Waals surface area contributed by atoms with E-state index in [1.807, 2.05) is 0 Å². The maximum atomic E-state index is 11.6. The van der Waals surface area contributed by atoms with Crippen molar-refractivity contribution in [1.29, 1.82) is 0 Å². The van der Waals surface area contributed by atoms with Crippen LogP contribution in [0.25, 0.3) is 5.65 Å². The maximum absolute atomic E-state index is 11.6. The molecule has 0 unspecified atom stereocenters. The monoisotopic (exact) mass is 312 g/mol. The predicted molar refractivity (Wildman–Crippen MR) is 69.5 cm³/mol. The number of carbonyl (C=O) groups excluding carboxylic acids is 1. The van der Waals surface area contributed by atoms with E-state index in [9.17, 15) is 9.90 Å². The number of hydrogen-bond donors (Lipinski definition) is 1. The highest BCUT2D eigenvalue weighted by molar-refractivity contribution is 9.10. The molecular formula is C12H13BrN2O3. The van der Waals surface area contributed by atoms with Gasteiger partial charge in [-0.3, -0.25) is 0 Å². The van der Waals surface area contributed by atoms with Gasteiger partial charge in [-0.05, 0) is 35.8 Å². The molecule has 0 aliphatic rings. The minimum absolute atomic E-state index is 0.233. The van der Waals surface area contributed by atoms with Gasteiger partial charge in [0.05, 0.1) is 12.7 Å². The highest BCUT2D eigenvalue weighted by Crippen LogP contribution is 2.23. The summed E-state index contributed by atoms with van der Waals surface area (Å²) in [6, 6.07) is 1.78.